The first-order chi connectivity index (χ1) is 16.8. The van der Waals surface area contributed by atoms with E-state index in [2.05, 4.69) is 38.7 Å². The molecular weight excluding hydrogens is 440 g/mol. The Morgan fingerprint density at radius 2 is 1.88 bits per heavy atom. The zero-order valence-corrected chi connectivity index (χ0v) is 19.9. The molecule has 1 aliphatic rings. The number of amides is 1. The molecule has 0 unspecified atom stereocenters. The highest BCUT2D eigenvalue weighted by molar-refractivity contribution is 7.99. The molecule has 5 nitrogen and oxygen atoms in total. The highest BCUT2D eigenvalue weighted by atomic mass is 32.2. The van der Waals surface area contributed by atoms with Crippen molar-refractivity contribution < 1.29 is 4.79 Å². The minimum atomic E-state index is 0.0123. The lowest BCUT2D eigenvalue weighted by Crippen LogP contribution is -2.30. The summed E-state index contributed by atoms with van der Waals surface area (Å²) in [5, 5.41) is 11.8. The lowest BCUT2D eigenvalue weighted by atomic mass is 9.89. The van der Waals surface area contributed by atoms with Crippen molar-refractivity contribution in [2.45, 2.75) is 41.9 Å². The molecule has 4 aromatic rings. The van der Waals surface area contributed by atoms with Gasteiger partial charge in [0.2, 0.25) is 0 Å². The average molecular weight is 469 g/mol. The number of rotatable bonds is 7. The van der Waals surface area contributed by atoms with Gasteiger partial charge >= 0.3 is 0 Å². The van der Waals surface area contributed by atoms with Crippen molar-refractivity contribution in [3.8, 4) is 0 Å². The van der Waals surface area contributed by atoms with Crippen LogP contribution in [0.3, 0.4) is 0 Å². The molecule has 5 rings (SSSR count). The summed E-state index contributed by atoms with van der Waals surface area (Å²) in [7, 11) is 0. The highest BCUT2D eigenvalue weighted by Gasteiger charge is 2.17. The van der Waals surface area contributed by atoms with E-state index in [0.717, 1.165) is 44.2 Å². The van der Waals surface area contributed by atoms with Crippen molar-refractivity contribution in [2.75, 3.05) is 6.54 Å². The Hall–Kier alpha value is -3.38. The number of aromatic amines is 1. The van der Waals surface area contributed by atoms with Crippen molar-refractivity contribution in [2.24, 2.45) is 5.92 Å². The van der Waals surface area contributed by atoms with Crippen LogP contribution in [-0.4, -0.2) is 27.6 Å². The minimum absolute atomic E-state index is 0.0123. The quantitative estimate of drug-likeness (QED) is 0.321. The number of hydrogen-bond acceptors (Lipinski definition) is 4. The van der Waals surface area contributed by atoms with Gasteiger partial charge in [-0.25, -0.2) is 0 Å². The molecule has 1 amide bonds. The predicted molar refractivity (Wildman–Crippen MR) is 139 cm³/mol. The van der Waals surface area contributed by atoms with Gasteiger partial charge in [0.15, 0.2) is 0 Å². The van der Waals surface area contributed by atoms with Gasteiger partial charge in [0.05, 0.1) is 22.5 Å². The van der Waals surface area contributed by atoms with Crippen molar-refractivity contribution >= 4 is 40.7 Å². The molecule has 1 saturated carbocycles. The standard InChI is InChI=1S/C28H28N4OS/c33-28(30-19-20-8-2-1-3-9-20)24-11-4-5-12-27(24)34-22-14-15-23-25(31-32-26(23)18-22)16-13-21-10-6-7-17-29-21/h4-7,10-18,20H,1-3,8-9,19H2,(H,30,33)(H,31,32)/b16-13+. The van der Waals surface area contributed by atoms with Crippen LogP contribution < -0.4 is 5.32 Å². The molecule has 2 aromatic heterocycles. The SMILES string of the molecule is O=C(NCC1CCCCC1)c1ccccc1Sc1ccc2c(/C=C/c3ccccn3)n[nH]c2c1. The van der Waals surface area contributed by atoms with E-state index in [9.17, 15) is 4.79 Å². The topological polar surface area (TPSA) is 70.7 Å². The van der Waals surface area contributed by atoms with Gasteiger partial charge in [-0.15, -0.1) is 0 Å². The van der Waals surface area contributed by atoms with Crippen LogP contribution in [0.5, 0.6) is 0 Å². The third kappa shape index (κ3) is 5.39. The van der Waals surface area contributed by atoms with Crippen LogP contribution in [0.2, 0.25) is 0 Å². The van der Waals surface area contributed by atoms with E-state index >= 15 is 0 Å². The Balaban J connectivity index is 1.29. The number of nitrogens with zero attached hydrogens (tertiary/aromatic N) is 2. The molecule has 34 heavy (non-hydrogen) atoms. The molecule has 0 bridgehead atoms. The van der Waals surface area contributed by atoms with E-state index in [1.807, 2.05) is 54.6 Å². The minimum Gasteiger partial charge on any atom is -0.352 e. The molecule has 1 fully saturated rings. The molecule has 6 heteroatoms. The van der Waals surface area contributed by atoms with Crippen molar-refractivity contribution in [1.29, 1.82) is 0 Å². The molecule has 0 radical (unpaired) electrons. The van der Waals surface area contributed by atoms with Crippen molar-refractivity contribution in [1.82, 2.24) is 20.5 Å². The van der Waals surface area contributed by atoms with Crippen LogP contribution in [0.25, 0.3) is 23.1 Å². The summed E-state index contributed by atoms with van der Waals surface area (Å²) in [6, 6.07) is 19.9. The summed E-state index contributed by atoms with van der Waals surface area (Å²) in [6.07, 6.45) is 12.0. The molecule has 1 aliphatic carbocycles. The highest BCUT2D eigenvalue weighted by Crippen LogP contribution is 2.33. The van der Waals surface area contributed by atoms with Gasteiger partial charge in [-0.3, -0.25) is 14.9 Å². The normalized spacial score (nSPS) is 14.6. The predicted octanol–water partition coefficient (Wildman–Crippen LogP) is 6.59. The Kier molecular flexibility index (Phi) is 7.05. The second kappa shape index (κ2) is 10.7. The molecule has 0 saturated heterocycles. The third-order valence-corrected chi connectivity index (χ3v) is 7.36. The Labute approximate surface area is 204 Å². The van der Waals surface area contributed by atoms with Crippen LogP contribution >= 0.6 is 11.8 Å². The number of pyridine rings is 1. The number of carbonyl (C=O) groups is 1. The Morgan fingerprint density at radius 1 is 1.03 bits per heavy atom. The molecule has 2 heterocycles. The largest absolute Gasteiger partial charge is 0.352 e. The van der Waals surface area contributed by atoms with Crippen LogP contribution in [0, 0.1) is 5.92 Å². The fourth-order valence-electron chi connectivity index (χ4n) is 4.44. The Bertz CT molecular complexity index is 1290. The summed E-state index contributed by atoms with van der Waals surface area (Å²) in [4.78, 5) is 19.3. The Morgan fingerprint density at radius 3 is 2.74 bits per heavy atom. The van der Waals surface area contributed by atoms with Gasteiger partial charge in [0, 0.05) is 27.9 Å². The van der Waals surface area contributed by atoms with E-state index in [1.54, 1.807) is 18.0 Å². The van der Waals surface area contributed by atoms with E-state index in [-0.39, 0.29) is 5.91 Å². The number of benzene rings is 2. The maximum Gasteiger partial charge on any atom is 0.252 e. The lowest BCUT2D eigenvalue weighted by Gasteiger charge is -2.22. The number of hydrogen-bond donors (Lipinski definition) is 2. The molecule has 2 aromatic carbocycles. The first-order valence-electron chi connectivity index (χ1n) is 11.9. The summed E-state index contributed by atoms with van der Waals surface area (Å²) < 4.78 is 0. The first kappa shape index (κ1) is 22.4. The van der Waals surface area contributed by atoms with Gasteiger partial charge in [0.25, 0.3) is 5.91 Å². The van der Waals surface area contributed by atoms with Gasteiger partial charge in [-0.05, 0) is 73.4 Å². The maximum atomic E-state index is 12.9. The van der Waals surface area contributed by atoms with Crippen LogP contribution in [0.15, 0.2) is 76.7 Å². The fourth-order valence-corrected chi connectivity index (χ4v) is 5.43. The lowest BCUT2D eigenvalue weighted by molar-refractivity contribution is 0.0940. The van der Waals surface area contributed by atoms with Crippen molar-refractivity contribution in [3.63, 3.8) is 0 Å². The molecule has 172 valence electrons. The first-order valence-corrected chi connectivity index (χ1v) is 12.7. The number of fused-ring (bicyclic) bond motifs is 1. The van der Waals surface area contributed by atoms with Crippen LogP contribution in [0.4, 0.5) is 0 Å². The number of H-pyrrole nitrogens is 1. The molecule has 0 aliphatic heterocycles. The molecule has 0 spiro atoms. The smallest absolute Gasteiger partial charge is 0.252 e. The number of carbonyl (C=O) groups excluding carboxylic acids is 1. The summed E-state index contributed by atoms with van der Waals surface area (Å²) in [6.45, 7) is 0.771. The summed E-state index contributed by atoms with van der Waals surface area (Å²) in [5.74, 6) is 0.624. The summed E-state index contributed by atoms with van der Waals surface area (Å²) in [5.41, 5.74) is 3.46. The number of aromatic nitrogens is 3. The van der Waals surface area contributed by atoms with E-state index in [0.29, 0.717) is 5.92 Å². The van der Waals surface area contributed by atoms with E-state index in [1.165, 1.54) is 32.1 Å². The van der Waals surface area contributed by atoms with E-state index < -0.39 is 0 Å². The second-order valence-electron chi connectivity index (χ2n) is 8.72. The van der Waals surface area contributed by atoms with E-state index in [4.69, 9.17) is 0 Å². The zero-order chi connectivity index (χ0) is 23.2. The maximum absolute atomic E-state index is 12.9. The molecule has 0 atom stereocenters. The summed E-state index contributed by atoms with van der Waals surface area (Å²) >= 11 is 1.60. The third-order valence-electron chi connectivity index (χ3n) is 6.30. The van der Waals surface area contributed by atoms with Gasteiger partial charge in [-0.1, -0.05) is 49.2 Å². The average Bonchev–Trinajstić information content (AvgIpc) is 3.30. The molecule has 2 N–H and O–H groups in total. The van der Waals surface area contributed by atoms with Crippen molar-refractivity contribution in [3.05, 3.63) is 83.8 Å². The monoisotopic (exact) mass is 468 g/mol. The second-order valence-corrected chi connectivity index (χ2v) is 9.83. The van der Waals surface area contributed by atoms with Crippen LogP contribution in [-0.2, 0) is 0 Å². The van der Waals surface area contributed by atoms with Gasteiger partial charge in [-0.2, -0.15) is 5.10 Å². The van der Waals surface area contributed by atoms with Gasteiger partial charge < -0.3 is 5.32 Å². The molecular formula is C28H28N4OS. The fraction of sp³-hybridized carbons (Fsp3) is 0.250. The number of nitrogens with one attached hydrogen (secondary N) is 2. The van der Waals surface area contributed by atoms with Crippen LogP contribution in [0.1, 0.15) is 53.8 Å². The van der Waals surface area contributed by atoms with Gasteiger partial charge in [0.1, 0.15) is 0 Å². The zero-order valence-electron chi connectivity index (χ0n) is 19.0.